The lowest BCUT2D eigenvalue weighted by molar-refractivity contribution is 0.0753. The van der Waals surface area contributed by atoms with Crippen molar-refractivity contribution in [2.24, 2.45) is 11.3 Å². The summed E-state index contributed by atoms with van der Waals surface area (Å²) in [6, 6.07) is 10.1. The summed E-state index contributed by atoms with van der Waals surface area (Å²) < 4.78 is 1.53. The number of benzene rings is 1. The average molecular weight is 424 g/mol. The molecule has 4 rings (SSSR count). The van der Waals surface area contributed by atoms with Crippen LogP contribution in [-0.2, 0) is 6.42 Å². The maximum Gasteiger partial charge on any atom is 0.271 e. The summed E-state index contributed by atoms with van der Waals surface area (Å²) in [5.41, 5.74) is 1.33. The Hall–Kier alpha value is -2.47. The van der Waals surface area contributed by atoms with Gasteiger partial charge in [0.05, 0.1) is 0 Å². The molecule has 1 fully saturated rings. The van der Waals surface area contributed by atoms with Crippen molar-refractivity contribution in [3.63, 3.8) is 0 Å². The van der Waals surface area contributed by atoms with Gasteiger partial charge in [-0.2, -0.15) is 0 Å². The molecular weight excluding hydrogens is 394 g/mol. The Balaban J connectivity index is 1.56. The fraction of sp³-hybridized carbons (Fsp3) is 0.458. The van der Waals surface area contributed by atoms with E-state index in [1.807, 2.05) is 29.3 Å². The summed E-state index contributed by atoms with van der Waals surface area (Å²) in [5, 5.41) is 0. The van der Waals surface area contributed by atoms with Crippen LogP contribution in [0.3, 0.4) is 0 Å². The van der Waals surface area contributed by atoms with Crippen LogP contribution in [0.2, 0.25) is 0 Å². The molecule has 0 radical (unpaired) electrons. The van der Waals surface area contributed by atoms with E-state index in [1.165, 1.54) is 27.5 Å². The maximum absolute atomic E-state index is 13.1. The second kappa shape index (κ2) is 8.34. The van der Waals surface area contributed by atoms with Crippen LogP contribution in [0, 0.1) is 11.3 Å². The molecule has 6 heteroatoms. The first-order chi connectivity index (χ1) is 14.3. The minimum absolute atomic E-state index is 0.172. The first-order valence-electron chi connectivity index (χ1n) is 10.7. The van der Waals surface area contributed by atoms with Crippen LogP contribution >= 0.6 is 11.3 Å². The second-order valence-corrected chi connectivity index (χ2v) is 10.4. The monoisotopic (exact) mass is 423 g/mol. The van der Waals surface area contributed by atoms with Crippen molar-refractivity contribution in [2.45, 2.75) is 46.5 Å². The normalized spacial score (nSPS) is 17.8. The number of rotatable bonds is 3. The second-order valence-electron chi connectivity index (χ2n) is 9.28. The van der Waals surface area contributed by atoms with Crippen molar-refractivity contribution in [1.29, 1.82) is 0 Å². The number of carbonyl (C=O) groups excluding carboxylic acids is 1. The van der Waals surface area contributed by atoms with Gasteiger partial charge >= 0.3 is 0 Å². The highest BCUT2D eigenvalue weighted by molar-refractivity contribution is 7.17. The number of amides is 1. The Kier molecular flexibility index (Phi) is 5.78. The van der Waals surface area contributed by atoms with E-state index in [0.29, 0.717) is 24.0 Å². The number of carbonyl (C=O) groups is 1. The predicted octanol–water partition coefficient (Wildman–Crippen LogP) is 4.64. The third-order valence-electron chi connectivity index (χ3n) is 6.15. The minimum atomic E-state index is -0.266. The van der Waals surface area contributed by atoms with Gasteiger partial charge in [0.25, 0.3) is 11.5 Å². The third kappa shape index (κ3) is 4.33. The molecule has 0 spiro atoms. The number of thiazole rings is 1. The number of hydrogen-bond donors (Lipinski definition) is 0. The van der Waals surface area contributed by atoms with Gasteiger partial charge in [0.15, 0.2) is 4.96 Å². The number of fused-ring (bicyclic) bond motifs is 1. The summed E-state index contributed by atoms with van der Waals surface area (Å²) >= 11 is 1.50. The van der Waals surface area contributed by atoms with Gasteiger partial charge in [-0.05, 0) is 36.2 Å². The summed E-state index contributed by atoms with van der Waals surface area (Å²) in [7, 11) is 0. The van der Waals surface area contributed by atoms with Crippen LogP contribution in [0.4, 0.5) is 0 Å². The van der Waals surface area contributed by atoms with E-state index in [2.05, 4.69) is 37.9 Å². The topological polar surface area (TPSA) is 54.7 Å². The highest BCUT2D eigenvalue weighted by Crippen LogP contribution is 2.34. The molecule has 3 heterocycles. The van der Waals surface area contributed by atoms with Crippen LogP contribution < -0.4 is 5.56 Å². The van der Waals surface area contributed by atoms with E-state index in [-0.39, 0.29) is 22.4 Å². The van der Waals surface area contributed by atoms with Crippen molar-refractivity contribution in [3.8, 4) is 0 Å². The number of aromatic nitrogens is 2. The fourth-order valence-corrected chi connectivity index (χ4v) is 5.26. The largest absolute Gasteiger partial charge is 0.338 e. The zero-order chi connectivity index (χ0) is 21.3. The Labute approximate surface area is 181 Å². The van der Waals surface area contributed by atoms with Crippen LogP contribution in [0.15, 0.2) is 47.5 Å². The standard InChI is InChI=1S/C24H29N3O2S/c1-24(2,3)18-10-7-12-26(13-11-18)21(28)20-15-25-23-27(22(20)29)16-19(30-23)14-17-8-5-4-6-9-17/h4-6,8-9,15-16,18H,7,10-14H2,1-3H3. The van der Waals surface area contributed by atoms with Crippen molar-refractivity contribution in [3.05, 3.63) is 69.1 Å². The molecule has 3 aromatic rings. The van der Waals surface area contributed by atoms with Gasteiger partial charge in [-0.15, -0.1) is 11.3 Å². The highest BCUT2D eigenvalue weighted by atomic mass is 32.1. The molecule has 5 nitrogen and oxygen atoms in total. The first-order valence-corrected chi connectivity index (χ1v) is 11.5. The van der Waals surface area contributed by atoms with E-state index >= 15 is 0 Å². The summed E-state index contributed by atoms with van der Waals surface area (Å²) in [4.78, 5) is 34.2. The Morgan fingerprint density at radius 1 is 1.17 bits per heavy atom. The molecule has 1 saturated heterocycles. The van der Waals surface area contributed by atoms with Crippen molar-refractivity contribution in [1.82, 2.24) is 14.3 Å². The Morgan fingerprint density at radius 3 is 2.67 bits per heavy atom. The predicted molar refractivity (Wildman–Crippen MR) is 121 cm³/mol. The minimum Gasteiger partial charge on any atom is -0.338 e. The zero-order valence-electron chi connectivity index (χ0n) is 17.9. The number of likely N-dealkylation sites (tertiary alicyclic amines) is 1. The van der Waals surface area contributed by atoms with Gasteiger partial charge in [-0.3, -0.25) is 14.0 Å². The first kappa shape index (κ1) is 20.8. The molecule has 0 N–H and O–H groups in total. The summed E-state index contributed by atoms with van der Waals surface area (Å²) in [5.74, 6) is 0.404. The molecule has 1 amide bonds. The molecule has 1 aromatic carbocycles. The van der Waals surface area contributed by atoms with Crippen molar-refractivity contribution >= 4 is 22.2 Å². The van der Waals surface area contributed by atoms with Gasteiger partial charge in [-0.25, -0.2) is 4.98 Å². The molecule has 1 aliphatic rings. The molecule has 0 saturated carbocycles. The lowest BCUT2D eigenvalue weighted by Gasteiger charge is -2.29. The molecule has 0 aliphatic carbocycles. The third-order valence-corrected chi connectivity index (χ3v) is 7.14. The van der Waals surface area contributed by atoms with Crippen LogP contribution in [-0.4, -0.2) is 33.3 Å². The molecule has 1 unspecified atom stereocenters. The SMILES string of the molecule is CC(C)(C)C1CCCN(C(=O)c2cnc3sc(Cc4ccccc4)cn3c2=O)CC1. The average Bonchev–Trinajstić information content (AvgIpc) is 2.95. The van der Waals surface area contributed by atoms with E-state index in [1.54, 1.807) is 0 Å². The highest BCUT2D eigenvalue weighted by Gasteiger charge is 2.29. The van der Waals surface area contributed by atoms with E-state index in [0.717, 1.165) is 30.6 Å². The zero-order valence-corrected chi connectivity index (χ0v) is 18.7. The molecular formula is C24H29N3O2S. The van der Waals surface area contributed by atoms with E-state index in [4.69, 9.17) is 0 Å². The van der Waals surface area contributed by atoms with Gasteiger partial charge in [0.1, 0.15) is 5.56 Å². The Morgan fingerprint density at radius 2 is 1.93 bits per heavy atom. The quantitative estimate of drug-likeness (QED) is 0.617. The smallest absolute Gasteiger partial charge is 0.271 e. The molecule has 0 bridgehead atoms. The van der Waals surface area contributed by atoms with Gasteiger partial charge in [-0.1, -0.05) is 51.1 Å². The number of nitrogens with zero attached hydrogens (tertiary/aromatic N) is 3. The lowest BCUT2D eigenvalue weighted by atomic mass is 9.77. The summed E-state index contributed by atoms with van der Waals surface area (Å²) in [6.45, 7) is 8.21. The van der Waals surface area contributed by atoms with Crippen LogP contribution in [0.5, 0.6) is 0 Å². The molecule has 158 valence electrons. The fourth-order valence-electron chi connectivity index (χ4n) is 4.29. The van der Waals surface area contributed by atoms with Gasteiger partial charge in [0.2, 0.25) is 0 Å². The van der Waals surface area contributed by atoms with Gasteiger partial charge < -0.3 is 4.90 Å². The molecule has 1 aliphatic heterocycles. The molecule has 1 atom stereocenters. The number of hydrogen-bond acceptors (Lipinski definition) is 4. The van der Waals surface area contributed by atoms with Crippen molar-refractivity contribution < 1.29 is 4.79 Å². The van der Waals surface area contributed by atoms with Crippen LogP contribution in [0.25, 0.3) is 4.96 Å². The summed E-state index contributed by atoms with van der Waals surface area (Å²) in [6.07, 6.45) is 7.12. The van der Waals surface area contributed by atoms with Crippen molar-refractivity contribution in [2.75, 3.05) is 13.1 Å². The van der Waals surface area contributed by atoms with Crippen LogP contribution in [0.1, 0.15) is 60.8 Å². The Bertz CT molecular complexity index is 1100. The van der Waals surface area contributed by atoms with E-state index < -0.39 is 0 Å². The lowest BCUT2D eigenvalue weighted by Crippen LogP contribution is -2.36. The molecule has 2 aromatic heterocycles. The van der Waals surface area contributed by atoms with Gasteiger partial charge in [0, 0.05) is 36.8 Å². The maximum atomic E-state index is 13.1. The molecule has 30 heavy (non-hydrogen) atoms. The van der Waals surface area contributed by atoms with E-state index in [9.17, 15) is 9.59 Å².